The van der Waals surface area contributed by atoms with E-state index in [1.165, 1.54) is 29.7 Å². The van der Waals surface area contributed by atoms with Gasteiger partial charge in [-0.1, -0.05) is 35.9 Å². The third-order valence-corrected chi connectivity index (χ3v) is 5.09. The van der Waals surface area contributed by atoms with E-state index in [2.05, 4.69) is 29.6 Å². The van der Waals surface area contributed by atoms with Crippen molar-refractivity contribution < 1.29 is 23.6 Å². The van der Waals surface area contributed by atoms with Gasteiger partial charge >= 0.3 is 0 Å². The molecule has 2 aromatic carbocycles. The number of ether oxygens (including phenoxy) is 2. The normalized spacial score (nSPS) is 16.0. The van der Waals surface area contributed by atoms with Gasteiger partial charge in [0.05, 0.1) is 20.3 Å². The van der Waals surface area contributed by atoms with E-state index in [4.69, 9.17) is 9.47 Å². The molecular weight excluding hydrogens is 371 g/mol. The molecule has 2 N–H and O–H groups in total. The van der Waals surface area contributed by atoms with Crippen LogP contribution >= 0.6 is 0 Å². The van der Waals surface area contributed by atoms with Gasteiger partial charge in [-0.05, 0) is 36.3 Å². The molecule has 1 atom stereocenters. The average Bonchev–Trinajstić information content (AvgIpc) is 2.73. The summed E-state index contributed by atoms with van der Waals surface area (Å²) in [6.45, 7) is 6.18. The molecule has 0 saturated carbocycles. The van der Waals surface area contributed by atoms with Crippen molar-refractivity contribution in [2.75, 3.05) is 40.0 Å². The third kappa shape index (κ3) is 6.14. The summed E-state index contributed by atoms with van der Waals surface area (Å²) < 4.78 is 24.2. The van der Waals surface area contributed by atoms with Gasteiger partial charge in [0.15, 0.2) is 11.6 Å². The molecule has 0 aliphatic carbocycles. The van der Waals surface area contributed by atoms with Crippen LogP contribution in [0.3, 0.4) is 0 Å². The number of carbonyl (C=O) groups is 1. The molecule has 1 amide bonds. The first-order chi connectivity index (χ1) is 14.0. The highest BCUT2D eigenvalue weighted by Gasteiger charge is 2.22. The van der Waals surface area contributed by atoms with Crippen LogP contribution in [0.2, 0.25) is 0 Å². The van der Waals surface area contributed by atoms with E-state index in [1.54, 1.807) is 18.2 Å². The van der Waals surface area contributed by atoms with Crippen molar-refractivity contribution in [3.05, 3.63) is 71.0 Å². The van der Waals surface area contributed by atoms with Crippen LogP contribution in [0.1, 0.15) is 22.7 Å². The number of methoxy groups -OCH3 is 1. The number of rotatable bonds is 7. The van der Waals surface area contributed by atoms with Gasteiger partial charge in [0, 0.05) is 6.08 Å². The number of benzene rings is 2. The summed E-state index contributed by atoms with van der Waals surface area (Å²) in [7, 11) is 1.42. The van der Waals surface area contributed by atoms with Gasteiger partial charge < -0.3 is 19.7 Å². The highest BCUT2D eigenvalue weighted by Crippen LogP contribution is 2.18. The topological polar surface area (TPSA) is 52.0 Å². The van der Waals surface area contributed by atoms with Crippen molar-refractivity contribution in [1.82, 2.24) is 5.32 Å². The minimum atomic E-state index is -0.455. The molecule has 0 bridgehead atoms. The zero-order valence-electron chi connectivity index (χ0n) is 16.9. The van der Waals surface area contributed by atoms with Gasteiger partial charge in [-0.25, -0.2) is 4.39 Å². The Kier molecular flexibility index (Phi) is 7.38. The first-order valence-electron chi connectivity index (χ1n) is 9.85. The molecule has 1 aliphatic heterocycles. The smallest absolute Gasteiger partial charge is 0.244 e. The second-order valence-electron chi connectivity index (χ2n) is 7.27. The van der Waals surface area contributed by atoms with Gasteiger partial charge in [0.25, 0.3) is 0 Å². The molecule has 0 radical (unpaired) electrons. The zero-order valence-corrected chi connectivity index (χ0v) is 16.9. The highest BCUT2D eigenvalue weighted by molar-refractivity contribution is 5.92. The molecule has 29 heavy (non-hydrogen) atoms. The van der Waals surface area contributed by atoms with Crippen LogP contribution in [-0.4, -0.2) is 45.9 Å². The van der Waals surface area contributed by atoms with E-state index < -0.39 is 5.82 Å². The maximum absolute atomic E-state index is 13.8. The Bertz CT molecular complexity index is 846. The monoisotopic (exact) mass is 399 g/mol. The first kappa shape index (κ1) is 21.0. The van der Waals surface area contributed by atoms with Gasteiger partial charge in [0.1, 0.15) is 25.7 Å². The van der Waals surface area contributed by atoms with Crippen LogP contribution in [-0.2, 0) is 9.53 Å². The molecule has 154 valence electrons. The number of halogens is 1. The number of amides is 1. The molecule has 0 spiro atoms. The number of hydrogen-bond donors (Lipinski definition) is 2. The molecule has 2 aromatic rings. The van der Waals surface area contributed by atoms with E-state index in [0.29, 0.717) is 5.56 Å². The molecular formula is C23H28FN2O3+. The molecule has 1 saturated heterocycles. The molecule has 1 aliphatic rings. The van der Waals surface area contributed by atoms with Crippen molar-refractivity contribution in [3.8, 4) is 5.75 Å². The van der Waals surface area contributed by atoms with Crippen molar-refractivity contribution in [2.45, 2.75) is 13.0 Å². The van der Waals surface area contributed by atoms with E-state index in [-0.39, 0.29) is 17.7 Å². The summed E-state index contributed by atoms with van der Waals surface area (Å²) in [5.41, 5.74) is 2.86. The Morgan fingerprint density at radius 1 is 1.24 bits per heavy atom. The first-order valence-corrected chi connectivity index (χ1v) is 9.85. The maximum Gasteiger partial charge on any atom is 0.244 e. The summed E-state index contributed by atoms with van der Waals surface area (Å²) >= 11 is 0. The average molecular weight is 399 g/mol. The summed E-state index contributed by atoms with van der Waals surface area (Å²) in [4.78, 5) is 14.0. The fraction of sp³-hybridized carbons (Fsp3) is 0.348. The zero-order chi connectivity index (χ0) is 20.6. The molecule has 0 aromatic heterocycles. The quantitative estimate of drug-likeness (QED) is 0.700. The van der Waals surface area contributed by atoms with E-state index in [9.17, 15) is 9.18 Å². The fourth-order valence-corrected chi connectivity index (χ4v) is 3.38. The van der Waals surface area contributed by atoms with Crippen LogP contribution in [0.5, 0.6) is 5.75 Å². The SMILES string of the molecule is COc1ccc(/C=C/C(=O)N[C@H](C[NH+]2CCOCC2)c2ccc(C)cc2)cc1F. The molecule has 1 heterocycles. The lowest BCUT2D eigenvalue weighted by Crippen LogP contribution is -3.14. The number of morpholine rings is 1. The number of hydrogen-bond acceptors (Lipinski definition) is 3. The van der Waals surface area contributed by atoms with Crippen molar-refractivity contribution in [3.63, 3.8) is 0 Å². The lowest BCUT2D eigenvalue weighted by molar-refractivity contribution is -0.909. The highest BCUT2D eigenvalue weighted by atomic mass is 19.1. The molecule has 1 fully saturated rings. The van der Waals surface area contributed by atoms with Crippen molar-refractivity contribution >= 4 is 12.0 Å². The van der Waals surface area contributed by atoms with E-state index in [0.717, 1.165) is 38.4 Å². The number of aryl methyl sites for hydroxylation is 1. The predicted octanol–water partition coefficient (Wildman–Crippen LogP) is 1.93. The lowest BCUT2D eigenvalue weighted by Gasteiger charge is -2.28. The van der Waals surface area contributed by atoms with Gasteiger partial charge in [-0.2, -0.15) is 0 Å². The second kappa shape index (κ2) is 10.2. The van der Waals surface area contributed by atoms with Gasteiger partial charge in [0.2, 0.25) is 5.91 Å². The molecule has 6 heteroatoms. The van der Waals surface area contributed by atoms with Crippen LogP contribution in [0.4, 0.5) is 4.39 Å². The predicted molar refractivity (Wildman–Crippen MR) is 110 cm³/mol. The summed E-state index contributed by atoms with van der Waals surface area (Å²) in [5.74, 6) is -0.484. The van der Waals surface area contributed by atoms with Crippen LogP contribution < -0.4 is 15.0 Å². The Hall–Kier alpha value is -2.70. The fourth-order valence-electron chi connectivity index (χ4n) is 3.38. The van der Waals surface area contributed by atoms with E-state index >= 15 is 0 Å². The van der Waals surface area contributed by atoms with Crippen molar-refractivity contribution in [1.29, 1.82) is 0 Å². The number of quaternary nitrogens is 1. The minimum Gasteiger partial charge on any atom is -0.494 e. The summed E-state index contributed by atoms with van der Waals surface area (Å²) in [6.07, 6.45) is 3.04. The van der Waals surface area contributed by atoms with Gasteiger partial charge in [-0.3, -0.25) is 4.79 Å². The lowest BCUT2D eigenvalue weighted by atomic mass is 10.0. The standard InChI is InChI=1S/C23H27FN2O3/c1-17-3-7-19(8-4-17)21(16-26-11-13-29-14-12-26)25-23(27)10-6-18-5-9-22(28-2)20(24)15-18/h3-10,15,21H,11-14,16H2,1-2H3,(H,25,27)/p+1/b10-6+/t21-/m1/s1. The minimum absolute atomic E-state index is 0.103. The number of carbonyl (C=O) groups excluding carboxylic acids is 1. The maximum atomic E-state index is 13.8. The summed E-state index contributed by atoms with van der Waals surface area (Å²) in [6, 6.07) is 12.7. The van der Waals surface area contributed by atoms with Gasteiger partial charge in [-0.15, -0.1) is 0 Å². The molecule has 5 nitrogen and oxygen atoms in total. The Labute approximate surface area is 171 Å². The Morgan fingerprint density at radius 3 is 2.62 bits per heavy atom. The van der Waals surface area contributed by atoms with Crippen LogP contribution in [0.25, 0.3) is 6.08 Å². The largest absolute Gasteiger partial charge is 0.494 e. The number of nitrogens with one attached hydrogen (secondary N) is 2. The molecule has 3 rings (SSSR count). The molecule has 0 unspecified atom stereocenters. The van der Waals surface area contributed by atoms with Crippen LogP contribution in [0.15, 0.2) is 48.5 Å². The van der Waals surface area contributed by atoms with Crippen LogP contribution in [0, 0.1) is 12.7 Å². The third-order valence-electron chi connectivity index (χ3n) is 5.09. The van der Waals surface area contributed by atoms with E-state index in [1.807, 2.05) is 6.92 Å². The summed E-state index contributed by atoms with van der Waals surface area (Å²) in [5, 5.41) is 3.10. The Morgan fingerprint density at radius 2 is 1.97 bits per heavy atom. The second-order valence-corrected chi connectivity index (χ2v) is 7.27. The Balaban J connectivity index is 1.69. The van der Waals surface area contributed by atoms with Crippen molar-refractivity contribution in [2.24, 2.45) is 0 Å².